The molecule has 0 aliphatic rings. The Kier molecular flexibility index (Phi) is 3.84. The average molecular weight is 291 g/mol. The van der Waals surface area contributed by atoms with E-state index in [9.17, 15) is 19.3 Å². The fourth-order valence-electron chi connectivity index (χ4n) is 1.90. The van der Waals surface area contributed by atoms with Crippen LogP contribution in [0.1, 0.15) is 10.4 Å². The second-order valence-corrected chi connectivity index (χ2v) is 4.18. The molecule has 0 aliphatic heterocycles. The summed E-state index contributed by atoms with van der Waals surface area (Å²) in [4.78, 5) is 21.2. The van der Waals surface area contributed by atoms with Gasteiger partial charge in [0, 0.05) is 17.7 Å². The third-order valence-electron chi connectivity index (χ3n) is 2.85. The number of methoxy groups -OCH3 is 1. The average Bonchev–Trinajstić information content (AvgIpc) is 2.46. The van der Waals surface area contributed by atoms with Crippen LogP contribution >= 0.6 is 0 Å². The summed E-state index contributed by atoms with van der Waals surface area (Å²) in [5.41, 5.74) is -0.219. The number of nitro groups is 1. The minimum Gasteiger partial charge on any atom is -0.496 e. The minimum absolute atomic E-state index is 0.193. The molecule has 0 fully saturated rings. The molecule has 108 valence electrons. The number of hydrogen-bond acceptors (Lipinski definition) is 4. The summed E-state index contributed by atoms with van der Waals surface area (Å²) < 4.78 is 18.5. The molecule has 0 amide bonds. The molecular weight excluding hydrogens is 281 g/mol. The predicted octanol–water partition coefficient (Wildman–Crippen LogP) is 3.11. The number of non-ortho nitro benzene ring substituents is 1. The van der Waals surface area contributed by atoms with E-state index in [4.69, 9.17) is 9.84 Å². The van der Waals surface area contributed by atoms with E-state index in [1.165, 1.54) is 31.4 Å². The number of ether oxygens (including phenoxy) is 1. The van der Waals surface area contributed by atoms with Crippen LogP contribution in [-0.4, -0.2) is 23.1 Å². The molecule has 2 aromatic rings. The number of carboxylic acid groups (broad SMARTS) is 1. The van der Waals surface area contributed by atoms with Crippen molar-refractivity contribution in [2.45, 2.75) is 0 Å². The molecular formula is C14H10FNO5. The lowest BCUT2D eigenvalue weighted by atomic mass is 10.0. The molecule has 0 atom stereocenters. The predicted molar refractivity (Wildman–Crippen MR) is 72.0 cm³/mol. The summed E-state index contributed by atoms with van der Waals surface area (Å²) >= 11 is 0. The van der Waals surface area contributed by atoms with Crippen molar-refractivity contribution >= 4 is 11.7 Å². The lowest BCUT2D eigenvalue weighted by molar-refractivity contribution is -0.384. The van der Waals surface area contributed by atoms with Gasteiger partial charge in [-0.1, -0.05) is 0 Å². The number of halogens is 1. The molecule has 0 unspecified atom stereocenters. The lowest BCUT2D eigenvalue weighted by Gasteiger charge is -2.09. The Morgan fingerprint density at radius 3 is 2.57 bits per heavy atom. The van der Waals surface area contributed by atoms with Crippen molar-refractivity contribution in [1.82, 2.24) is 0 Å². The SMILES string of the molecule is COc1ccc(F)cc1-c1cc(C(=O)O)cc([N+](=O)[O-])c1. The third-order valence-corrected chi connectivity index (χ3v) is 2.85. The maximum atomic E-state index is 13.4. The molecule has 0 saturated heterocycles. The monoisotopic (exact) mass is 291 g/mol. The van der Waals surface area contributed by atoms with E-state index >= 15 is 0 Å². The first-order valence-corrected chi connectivity index (χ1v) is 5.79. The number of nitro benzene ring substituents is 1. The van der Waals surface area contributed by atoms with E-state index in [0.29, 0.717) is 0 Å². The number of carbonyl (C=O) groups is 1. The van der Waals surface area contributed by atoms with E-state index < -0.39 is 22.4 Å². The van der Waals surface area contributed by atoms with Crippen molar-refractivity contribution in [3.05, 3.63) is 57.9 Å². The second kappa shape index (κ2) is 5.58. The van der Waals surface area contributed by atoms with Gasteiger partial charge >= 0.3 is 5.97 Å². The van der Waals surface area contributed by atoms with Gasteiger partial charge in [0.25, 0.3) is 5.69 Å². The third kappa shape index (κ3) is 2.97. The fourth-order valence-corrected chi connectivity index (χ4v) is 1.90. The molecule has 0 heterocycles. The van der Waals surface area contributed by atoms with Crippen molar-refractivity contribution < 1.29 is 24.0 Å². The van der Waals surface area contributed by atoms with Gasteiger partial charge in [-0.15, -0.1) is 0 Å². The zero-order valence-electron chi connectivity index (χ0n) is 10.9. The topological polar surface area (TPSA) is 89.7 Å². The molecule has 0 bridgehead atoms. The van der Waals surface area contributed by atoms with Crippen molar-refractivity contribution in [2.75, 3.05) is 7.11 Å². The van der Waals surface area contributed by atoms with Crippen molar-refractivity contribution in [3.63, 3.8) is 0 Å². The first-order chi connectivity index (χ1) is 9.92. The van der Waals surface area contributed by atoms with Crippen LogP contribution in [0.4, 0.5) is 10.1 Å². The molecule has 0 radical (unpaired) electrons. The Hall–Kier alpha value is -2.96. The van der Waals surface area contributed by atoms with Crippen LogP contribution < -0.4 is 4.74 Å². The Labute approximate surface area is 118 Å². The van der Waals surface area contributed by atoms with Crippen molar-refractivity contribution in [1.29, 1.82) is 0 Å². The van der Waals surface area contributed by atoms with Crippen LogP contribution in [-0.2, 0) is 0 Å². The lowest BCUT2D eigenvalue weighted by Crippen LogP contribution is -2.00. The van der Waals surface area contributed by atoms with Gasteiger partial charge in [-0.2, -0.15) is 0 Å². The normalized spacial score (nSPS) is 10.2. The molecule has 2 aromatic carbocycles. The van der Waals surface area contributed by atoms with Crippen LogP contribution in [0.15, 0.2) is 36.4 Å². The maximum absolute atomic E-state index is 13.4. The van der Waals surface area contributed by atoms with Crippen LogP contribution in [0.3, 0.4) is 0 Å². The number of benzene rings is 2. The number of hydrogen-bond donors (Lipinski definition) is 1. The minimum atomic E-state index is -1.31. The van der Waals surface area contributed by atoms with Crippen LogP contribution in [0.25, 0.3) is 11.1 Å². The summed E-state index contributed by atoms with van der Waals surface area (Å²) in [6.45, 7) is 0. The zero-order valence-corrected chi connectivity index (χ0v) is 10.9. The highest BCUT2D eigenvalue weighted by molar-refractivity contribution is 5.91. The van der Waals surface area contributed by atoms with Gasteiger partial charge in [0.15, 0.2) is 0 Å². The molecule has 7 heteroatoms. The van der Waals surface area contributed by atoms with E-state index in [2.05, 4.69) is 0 Å². The van der Waals surface area contributed by atoms with Crippen LogP contribution in [0.5, 0.6) is 5.75 Å². The van der Waals surface area contributed by atoms with Gasteiger partial charge in [0.05, 0.1) is 17.6 Å². The number of rotatable bonds is 4. The summed E-state index contributed by atoms with van der Waals surface area (Å²) in [7, 11) is 1.37. The Morgan fingerprint density at radius 2 is 2.00 bits per heavy atom. The highest BCUT2D eigenvalue weighted by Crippen LogP contribution is 2.33. The summed E-state index contributed by atoms with van der Waals surface area (Å²) in [5, 5.41) is 19.9. The molecule has 0 aromatic heterocycles. The van der Waals surface area contributed by atoms with Crippen LogP contribution in [0, 0.1) is 15.9 Å². The quantitative estimate of drug-likeness (QED) is 0.690. The molecule has 1 N–H and O–H groups in total. The summed E-state index contributed by atoms with van der Waals surface area (Å²) in [6, 6.07) is 7.01. The van der Waals surface area contributed by atoms with Crippen LogP contribution in [0.2, 0.25) is 0 Å². The van der Waals surface area contributed by atoms with E-state index in [-0.39, 0.29) is 22.4 Å². The maximum Gasteiger partial charge on any atom is 0.335 e. The molecule has 2 rings (SSSR count). The smallest absolute Gasteiger partial charge is 0.335 e. The van der Waals surface area contributed by atoms with E-state index in [1.807, 2.05) is 0 Å². The first kappa shape index (κ1) is 14.4. The first-order valence-electron chi connectivity index (χ1n) is 5.79. The highest BCUT2D eigenvalue weighted by Gasteiger charge is 2.17. The Bertz CT molecular complexity index is 697. The largest absolute Gasteiger partial charge is 0.496 e. The highest BCUT2D eigenvalue weighted by atomic mass is 19.1. The van der Waals surface area contributed by atoms with Gasteiger partial charge in [0.2, 0.25) is 0 Å². The molecule has 21 heavy (non-hydrogen) atoms. The van der Waals surface area contributed by atoms with Gasteiger partial charge in [-0.25, -0.2) is 9.18 Å². The number of carboxylic acids is 1. The number of nitrogens with zero attached hydrogens (tertiary/aromatic N) is 1. The van der Waals surface area contributed by atoms with Gasteiger partial charge in [-0.05, 0) is 29.8 Å². The molecule has 0 saturated carbocycles. The molecule has 0 spiro atoms. The van der Waals surface area contributed by atoms with Gasteiger partial charge in [-0.3, -0.25) is 10.1 Å². The van der Waals surface area contributed by atoms with E-state index in [0.717, 1.165) is 12.1 Å². The Morgan fingerprint density at radius 1 is 1.29 bits per heavy atom. The Balaban J connectivity index is 2.71. The summed E-state index contributed by atoms with van der Waals surface area (Å²) in [6.07, 6.45) is 0. The standard InChI is InChI=1S/C14H10FNO5/c1-21-13-3-2-10(15)7-12(13)8-4-9(14(17)18)6-11(5-8)16(19)20/h2-7H,1H3,(H,17,18). The molecule has 6 nitrogen and oxygen atoms in total. The van der Waals surface area contributed by atoms with Crippen molar-refractivity contribution in [2.24, 2.45) is 0 Å². The van der Waals surface area contributed by atoms with Gasteiger partial charge in [0.1, 0.15) is 11.6 Å². The zero-order chi connectivity index (χ0) is 15.6. The summed E-state index contributed by atoms with van der Waals surface area (Å²) in [5.74, 6) is -1.59. The second-order valence-electron chi connectivity index (χ2n) is 4.18. The van der Waals surface area contributed by atoms with Gasteiger partial charge < -0.3 is 9.84 Å². The van der Waals surface area contributed by atoms with E-state index in [1.54, 1.807) is 0 Å². The fraction of sp³-hybridized carbons (Fsp3) is 0.0714. The molecule has 0 aliphatic carbocycles. The van der Waals surface area contributed by atoms with Crippen molar-refractivity contribution in [3.8, 4) is 16.9 Å². The number of aromatic carboxylic acids is 1.